The van der Waals surface area contributed by atoms with Gasteiger partial charge in [-0.1, -0.05) is 95.0 Å². The van der Waals surface area contributed by atoms with Gasteiger partial charge in [0, 0.05) is 40.7 Å². The maximum atomic E-state index is 11.5. The standard InChI is InChI=1S/C42H54N2O5S/c1-30-26-31(29-40(4,23-15-22-38(45)46)41(30,5)33-18-8-10-20-35(33)43-7)16-14-17-32-27-37-42(6,39(2,3)28-32)34-19-9-11-21-36(34)44(37)24-12-13-25-50(47,48)49/h8-11,14,16-21,26-27,43H,1,12-13,15,22-25,28-29H2,2-7H3,(H,45,46)(H,47,48,49)/p+1/b16-14+,32-17-. The zero-order chi connectivity index (χ0) is 36.5. The van der Waals surface area contributed by atoms with Crippen LogP contribution in [0.15, 0.2) is 108 Å². The van der Waals surface area contributed by atoms with E-state index in [1.54, 1.807) is 0 Å². The highest BCUT2D eigenvalue weighted by Gasteiger charge is 2.55. The predicted molar refractivity (Wildman–Crippen MR) is 203 cm³/mol. The lowest BCUT2D eigenvalue weighted by atomic mass is 9.52. The number of allylic oxidation sites excluding steroid dienone is 9. The second-order valence-corrected chi connectivity index (χ2v) is 17.3. The van der Waals surface area contributed by atoms with Gasteiger partial charge in [-0.15, -0.1) is 0 Å². The highest BCUT2D eigenvalue weighted by atomic mass is 32.2. The van der Waals surface area contributed by atoms with Crippen LogP contribution in [0.4, 0.5) is 11.4 Å². The van der Waals surface area contributed by atoms with Crippen LogP contribution in [-0.4, -0.2) is 43.4 Å². The van der Waals surface area contributed by atoms with Crippen LogP contribution in [0.2, 0.25) is 0 Å². The summed E-state index contributed by atoms with van der Waals surface area (Å²) in [5.41, 5.74) is 8.60. The van der Waals surface area contributed by atoms with Gasteiger partial charge in [0.2, 0.25) is 0 Å². The molecule has 1 aliphatic heterocycles. The molecule has 2 aromatic carbocycles. The van der Waals surface area contributed by atoms with Gasteiger partial charge in [-0.05, 0) is 96.8 Å². The molecule has 5 rings (SSSR count). The number of carboxylic acid groups (broad SMARTS) is 1. The molecule has 3 unspecified atom stereocenters. The highest BCUT2D eigenvalue weighted by Crippen LogP contribution is 2.61. The van der Waals surface area contributed by atoms with Crippen LogP contribution in [0.5, 0.6) is 0 Å². The average molecular weight is 700 g/mol. The third-order valence-electron chi connectivity index (χ3n) is 12.2. The van der Waals surface area contributed by atoms with Crippen molar-refractivity contribution in [2.45, 2.75) is 90.4 Å². The van der Waals surface area contributed by atoms with Gasteiger partial charge in [0.25, 0.3) is 10.1 Å². The maximum Gasteiger partial charge on any atom is 0.303 e. The van der Waals surface area contributed by atoms with Crippen molar-refractivity contribution < 1.29 is 28.2 Å². The number of carboxylic acids is 1. The number of nitrogens with zero attached hydrogens (tertiary/aromatic N) is 1. The van der Waals surface area contributed by atoms with E-state index in [0.717, 1.165) is 30.5 Å². The van der Waals surface area contributed by atoms with Crippen molar-refractivity contribution in [3.8, 4) is 0 Å². The Morgan fingerprint density at radius 1 is 0.940 bits per heavy atom. The van der Waals surface area contributed by atoms with E-state index >= 15 is 0 Å². The van der Waals surface area contributed by atoms with Crippen LogP contribution in [-0.2, 0) is 25.7 Å². The molecule has 268 valence electrons. The largest absolute Gasteiger partial charge is 0.481 e. The molecule has 2 aliphatic carbocycles. The topological polar surface area (TPSA) is 112 Å². The maximum absolute atomic E-state index is 11.5. The minimum Gasteiger partial charge on any atom is -0.481 e. The second kappa shape index (κ2) is 14.1. The summed E-state index contributed by atoms with van der Waals surface area (Å²) in [5, 5.41) is 11.6. The predicted octanol–water partition coefficient (Wildman–Crippen LogP) is 8.16. The van der Waals surface area contributed by atoms with Crippen molar-refractivity contribution in [1.29, 1.82) is 0 Å². The molecule has 0 bridgehead atoms. The third kappa shape index (κ3) is 6.95. The summed E-state index contributed by atoms with van der Waals surface area (Å²) in [5.74, 6) is -0.999. The second-order valence-electron chi connectivity index (χ2n) is 15.7. The van der Waals surface area contributed by atoms with E-state index in [0.29, 0.717) is 25.8 Å². The summed E-state index contributed by atoms with van der Waals surface area (Å²) < 4.78 is 32.0. The lowest BCUT2D eigenvalue weighted by Crippen LogP contribution is -2.73. The van der Waals surface area contributed by atoms with E-state index in [1.165, 1.54) is 33.7 Å². The molecule has 0 saturated heterocycles. The van der Waals surface area contributed by atoms with Gasteiger partial charge in [-0.25, -0.2) is 0 Å². The van der Waals surface area contributed by atoms with E-state index in [1.807, 2.05) is 0 Å². The Balaban J connectivity index is 1.47. The lowest BCUT2D eigenvalue weighted by molar-refractivity contribution is -0.540. The Morgan fingerprint density at radius 2 is 1.62 bits per heavy atom. The Bertz CT molecular complexity index is 1890. The number of nitrogens with two attached hydrogens (primary N) is 1. The number of fused-ring (bicyclic) bond motifs is 3. The van der Waals surface area contributed by atoms with Gasteiger partial charge in [-0.3, -0.25) is 9.35 Å². The summed E-state index contributed by atoms with van der Waals surface area (Å²) in [4.78, 5) is 13.9. The van der Waals surface area contributed by atoms with Crippen molar-refractivity contribution in [2.24, 2.45) is 10.8 Å². The molecule has 0 radical (unpaired) electrons. The molecule has 0 spiro atoms. The Hall–Kier alpha value is -3.72. The van der Waals surface area contributed by atoms with Crippen molar-refractivity contribution in [2.75, 3.05) is 24.2 Å². The third-order valence-corrected chi connectivity index (χ3v) is 13.1. The zero-order valence-electron chi connectivity index (χ0n) is 30.6. The molecule has 1 heterocycles. The molecule has 2 aromatic rings. The molecule has 50 heavy (non-hydrogen) atoms. The fourth-order valence-corrected chi connectivity index (χ4v) is 9.49. The summed E-state index contributed by atoms with van der Waals surface area (Å²) in [6.45, 7) is 16.9. The molecular formula is C42H55N2O5S+. The van der Waals surface area contributed by atoms with Gasteiger partial charge >= 0.3 is 5.97 Å². The summed E-state index contributed by atoms with van der Waals surface area (Å²) in [6, 6.07) is 17.0. The van der Waals surface area contributed by atoms with E-state index in [2.05, 4.69) is 137 Å². The fourth-order valence-electron chi connectivity index (χ4n) is 8.93. The number of benzene rings is 2. The first-order valence-electron chi connectivity index (χ1n) is 17.9. The molecule has 7 nitrogen and oxygen atoms in total. The summed E-state index contributed by atoms with van der Waals surface area (Å²) in [7, 11) is -1.93. The van der Waals surface area contributed by atoms with Crippen LogP contribution in [0.25, 0.3) is 0 Å². The van der Waals surface area contributed by atoms with E-state index in [-0.39, 0.29) is 33.8 Å². The van der Waals surface area contributed by atoms with Gasteiger partial charge in [0.15, 0.2) is 0 Å². The van der Waals surface area contributed by atoms with Crippen LogP contribution >= 0.6 is 0 Å². The average Bonchev–Trinajstić information content (AvgIpc) is 3.29. The minimum atomic E-state index is -3.99. The minimum absolute atomic E-state index is 0.0946. The Morgan fingerprint density at radius 3 is 2.30 bits per heavy atom. The number of hydrogen-bond donors (Lipinski definition) is 3. The molecule has 0 aromatic heterocycles. The van der Waals surface area contributed by atoms with Crippen LogP contribution < -0.4 is 10.2 Å². The number of carbonyl (C=O) groups is 1. The highest BCUT2D eigenvalue weighted by molar-refractivity contribution is 7.85. The molecule has 8 heteroatoms. The number of quaternary nitrogens is 1. The monoisotopic (exact) mass is 699 g/mol. The van der Waals surface area contributed by atoms with Crippen molar-refractivity contribution in [3.05, 3.63) is 119 Å². The number of anilines is 1. The smallest absolute Gasteiger partial charge is 0.303 e. The molecule has 3 aliphatic rings. The molecule has 4 N–H and O–H groups in total. The first kappa shape index (κ1) is 37.5. The van der Waals surface area contributed by atoms with E-state index < -0.39 is 16.1 Å². The van der Waals surface area contributed by atoms with Crippen LogP contribution in [0, 0.1) is 10.8 Å². The van der Waals surface area contributed by atoms with Gasteiger partial charge < -0.3 is 15.3 Å². The summed E-state index contributed by atoms with van der Waals surface area (Å²) >= 11 is 0. The molecule has 0 saturated carbocycles. The Kier molecular flexibility index (Phi) is 10.6. The van der Waals surface area contributed by atoms with Crippen molar-refractivity contribution in [1.82, 2.24) is 0 Å². The van der Waals surface area contributed by atoms with Crippen molar-refractivity contribution in [3.63, 3.8) is 0 Å². The molecular weight excluding hydrogens is 645 g/mol. The quantitative estimate of drug-likeness (QED) is 0.111. The number of para-hydroxylation sites is 2. The van der Waals surface area contributed by atoms with Gasteiger partial charge in [-0.2, -0.15) is 8.42 Å². The molecule has 3 atom stereocenters. The molecule has 0 amide bonds. The SMILES string of the molecule is C=C1C=C(/C=C/C=C2/C=C3N(CCCCS(=O)(=O)O)c4ccccc4C3(C)C(C)(C)C2)CC(C)(CCCC(=O)O)C1(C)c1ccccc1[NH2+]C. The van der Waals surface area contributed by atoms with Gasteiger partial charge in [0.05, 0.1) is 12.8 Å². The number of unbranched alkanes of at least 4 members (excludes halogenated alkanes) is 1. The number of aliphatic carboxylic acids is 1. The number of rotatable bonds is 13. The van der Waals surface area contributed by atoms with Crippen LogP contribution in [0.3, 0.4) is 0 Å². The summed E-state index contributed by atoms with van der Waals surface area (Å²) in [6.07, 6.45) is 15.3. The Labute approximate surface area is 299 Å². The number of hydrogen-bond acceptors (Lipinski definition) is 4. The normalized spacial score (nSPS) is 26.9. The van der Waals surface area contributed by atoms with E-state index in [9.17, 15) is 22.9 Å². The lowest BCUT2D eigenvalue weighted by Gasteiger charge is -2.51. The van der Waals surface area contributed by atoms with E-state index in [4.69, 9.17) is 0 Å². The zero-order valence-corrected chi connectivity index (χ0v) is 31.4. The first-order valence-corrected chi connectivity index (χ1v) is 19.5. The molecule has 0 fully saturated rings. The van der Waals surface area contributed by atoms with Gasteiger partial charge in [0.1, 0.15) is 5.69 Å². The first-order chi connectivity index (χ1) is 23.5. The fraction of sp³-hybridized carbons (Fsp3) is 0.452. The van der Waals surface area contributed by atoms with Crippen molar-refractivity contribution >= 4 is 27.5 Å². The van der Waals surface area contributed by atoms with Crippen LogP contribution in [0.1, 0.15) is 90.7 Å².